The van der Waals surface area contributed by atoms with Gasteiger partial charge in [0.2, 0.25) is 5.91 Å². The van der Waals surface area contributed by atoms with E-state index in [0.29, 0.717) is 6.61 Å². The largest absolute Gasteiger partial charge is 0.493 e. The van der Waals surface area contributed by atoms with Gasteiger partial charge in [-0.15, -0.1) is 0 Å². The standard InChI is InChI=1S/C14H19NO3/c1-9(2)12(8-16)14(17)15-11-3-4-13-10(7-11)5-6-18-13/h3-4,7,9,12,16H,5-6,8H2,1-2H3,(H,15,17). The maximum Gasteiger partial charge on any atom is 0.230 e. The van der Waals surface area contributed by atoms with Gasteiger partial charge in [0, 0.05) is 12.1 Å². The summed E-state index contributed by atoms with van der Waals surface area (Å²) in [5.74, 6) is 0.518. The van der Waals surface area contributed by atoms with E-state index >= 15 is 0 Å². The summed E-state index contributed by atoms with van der Waals surface area (Å²) in [5, 5.41) is 12.1. The molecule has 1 amide bonds. The molecule has 0 radical (unpaired) electrons. The molecule has 0 saturated heterocycles. The summed E-state index contributed by atoms with van der Waals surface area (Å²) in [7, 11) is 0. The molecule has 1 unspecified atom stereocenters. The van der Waals surface area contributed by atoms with Crippen molar-refractivity contribution >= 4 is 11.6 Å². The summed E-state index contributed by atoms with van der Waals surface area (Å²) in [5.41, 5.74) is 1.89. The van der Waals surface area contributed by atoms with Gasteiger partial charge >= 0.3 is 0 Å². The van der Waals surface area contributed by atoms with Crippen LogP contribution >= 0.6 is 0 Å². The molecule has 1 aliphatic rings. The van der Waals surface area contributed by atoms with Crippen LogP contribution in [0.1, 0.15) is 19.4 Å². The molecule has 0 aliphatic carbocycles. The molecule has 0 bridgehead atoms. The second kappa shape index (κ2) is 5.40. The third-order valence-electron chi connectivity index (χ3n) is 3.30. The van der Waals surface area contributed by atoms with E-state index in [1.165, 1.54) is 0 Å². The fourth-order valence-electron chi connectivity index (χ4n) is 2.10. The molecule has 2 rings (SSSR count). The normalized spacial score (nSPS) is 15.1. The highest BCUT2D eigenvalue weighted by Gasteiger charge is 2.21. The lowest BCUT2D eigenvalue weighted by atomic mass is 9.96. The summed E-state index contributed by atoms with van der Waals surface area (Å²) in [6, 6.07) is 5.65. The number of anilines is 1. The smallest absolute Gasteiger partial charge is 0.230 e. The second-order valence-corrected chi connectivity index (χ2v) is 4.94. The van der Waals surface area contributed by atoms with Crippen LogP contribution in [0.4, 0.5) is 5.69 Å². The van der Waals surface area contributed by atoms with Crippen molar-refractivity contribution < 1.29 is 14.6 Å². The van der Waals surface area contributed by atoms with E-state index < -0.39 is 0 Å². The molecule has 4 nitrogen and oxygen atoms in total. The number of fused-ring (bicyclic) bond motifs is 1. The van der Waals surface area contributed by atoms with Crippen LogP contribution < -0.4 is 10.1 Å². The minimum absolute atomic E-state index is 0.118. The number of nitrogens with one attached hydrogen (secondary N) is 1. The van der Waals surface area contributed by atoms with Crippen molar-refractivity contribution in [3.63, 3.8) is 0 Å². The summed E-state index contributed by atoms with van der Waals surface area (Å²) < 4.78 is 5.41. The van der Waals surface area contributed by atoms with Gasteiger partial charge in [0.1, 0.15) is 5.75 Å². The van der Waals surface area contributed by atoms with Crippen LogP contribution in [0, 0.1) is 11.8 Å². The second-order valence-electron chi connectivity index (χ2n) is 4.94. The van der Waals surface area contributed by atoms with Crippen molar-refractivity contribution in [2.75, 3.05) is 18.5 Å². The molecular weight excluding hydrogens is 230 g/mol. The average molecular weight is 249 g/mol. The Labute approximate surface area is 107 Å². The zero-order valence-electron chi connectivity index (χ0n) is 10.8. The van der Waals surface area contributed by atoms with Crippen LogP contribution in [0.15, 0.2) is 18.2 Å². The Kier molecular flexibility index (Phi) is 3.87. The maximum absolute atomic E-state index is 12.0. The van der Waals surface area contributed by atoms with Crippen molar-refractivity contribution in [1.29, 1.82) is 0 Å². The third kappa shape index (κ3) is 2.64. The fourth-order valence-corrected chi connectivity index (χ4v) is 2.10. The predicted octanol–water partition coefficient (Wildman–Crippen LogP) is 1.82. The number of carbonyl (C=O) groups is 1. The molecule has 0 fully saturated rings. The van der Waals surface area contributed by atoms with Gasteiger partial charge in [-0.25, -0.2) is 0 Å². The molecule has 0 saturated carbocycles. The minimum Gasteiger partial charge on any atom is -0.493 e. The number of carbonyl (C=O) groups excluding carboxylic acids is 1. The number of hydrogen-bond donors (Lipinski definition) is 2. The Morgan fingerprint density at radius 3 is 2.94 bits per heavy atom. The zero-order valence-corrected chi connectivity index (χ0v) is 10.8. The van der Waals surface area contributed by atoms with Crippen LogP contribution in [-0.4, -0.2) is 24.2 Å². The highest BCUT2D eigenvalue weighted by Crippen LogP contribution is 2.28. The molecule has 1 aromatic rings. The van der Waals surface area contributed by atoms with Crippen LogP contribution in [0.3, 0.4) is 0 Å². The van der Waals surface area contributed by atoms with E-state index in [1.54, 1.807) is 0 Å². The number of aliphatic hydroxyl groups excluding tert-OH is 1. The van der Waals surface area contributed by atoms with Gasteiger partial charge in [-0.3, -0.25) is 4.79 Å². The van der Waals surface area contributed by atoms with E-state index in [-0.39, 0.29) is 24.3 Å². The monoisotopic (exact) mass is 249 g/mol. The molecule has 98 valence electrons. The topological polar surface area (TPSA) is 58.6 Å². The van der Waals surface area contributed by atoms with Crippen LogP contribution in [-0.2, 0) is 11.2 Å². The molecule has 4 heteroatoms. The molecule has 1 aliphatic heterocycles. The fraction of sp³-hybridized carbons (Fsp3) is 0.500. The molecule has 0 spiro atoms. The lowest BCUT2D eigenvalue weighted by Crippen LogP contribution is -2.29. The summed E-state index contributed by atoms with van der Waals surface area (Å²) in [4.78, 5) is 12.0. The van der Waals surface area contributed by atoms with Crippen LogP contribution in [0.5, 0.6) is 5.75 Å². The number of amides is 1. The predicted molar refractivity (Wildman–Crippen MR) is 69.7 cm³/mol. The Morgan fingerprint density at radius 2 is 2.28 bits per heavy atom. The van der Waals surface area contributed by atoms with E-state index in [4.69, 9.17) is 4.74 Å². The summed E-state index contributed by atoms with van der Waals surface area (Å²) >= 11 is 0. The number of ether oxygens (including phenoxy) is 1. The van der Waals surface area contributed by atoms with Crippen molar-refractivity contribution in [1.82, 2.24) is 0 Å². The molecule has 0 aromatic heterocycles. The lowest BCUT2D eigenvalue weighted by molar-refractivity contribution is -0.122. The van der Waals surface area contributed by atoms with Gasteiger partial charge in [0.25, 0.3) is 0 Å². The van der Waals surface area contributed by atoms with Crippen LogP contribution in [0.25, 0.3) is 0 Å². The number of hydrogen-bond acceptors (Lipinski definition) is 3. The van der Waals surface area contributed by atoms with Gasteiger partial charge in [-0.05, 0) is 29.7 Å². The highest BCUT2D eigenvalue weighted by atomic mass is 16.5. The van der Waals surface area contributed by atoms with E-state index in [1.807, 2.05) is 32.0 Å². The third-order valence-corrected chi connectivity index (χ3v) is 3.30. The van der Waals surface area contributed by atoms with Gasteiger partial charge < -0.3 is 15.2 Å². The lowest BCUT2D eigenvalue weighted by Gasteiger charge is -2.17. The zero-order chi connectivity index (χ0) is 13.1. The van der Waals surface area contributed by atoms with E-state index in [0.717, 1.165) is 23.4 Å². The molecule has 1 aromatic carbocycles. The number of rotatable bonds is 4. The Hall–Kier alpha value is -1.55. The van der Waals surface area contributed by atoms with Gasteiger partial charge in [0.15, 0.2) is 0 Å². The van der Waals surface area contributed by atoms with Crippen molar-refractivity contribution in [2.24, 2.45) is 11.8 Å². The maximum atomic E-state index is 12.0. The van der Waals surface area contributed by atoms with Crippen molar-refractivity contribution in [2.45, 2.75) is 20.3 Å². The van der Waals surface area contributed by atoms with E-state index in [9.17, 15) is 9.90 Å². The van der Waals surface area contributed by atoms with Crippen LogP contribution in [0.2, 0.25) is 0 Å². The number of benzene rings is 1. The first-order valence-electron chi connectivity index (χ1n) is 6.29. The minimum atomic E-state index is -0.366. The first-order valence-corrected chi connectivity index (χ1v) is 6.29. The van der Waals surface area contributed by atoms with Gasteiger partial charge in [-0.2, -0.15) is 0 Å². The Balaban J connectivity index is 2.07. The summed E-state index contributed by atoms with van der Waals surface area (Å²) in [6.45, 7) is 4.43. The summed E-state index contributed by atoms with van der Waals surface area (Å²) in [6.07, 6.45) is 0.882. The average Bonchev–Trinajstić information content (AvgIpc) is 2.76. The molecule has 2 N–H and O–H groups in total. The van der Waals surface area contributed by atoms with Gasteiger partial charge in [-0.1, -0.05) is 13.8 Å². The quantitative estimate of drug-likeness (QED) is 0.855. The SMILES string of the molecule is CC(C)C(CO)C(=O)Nc1ccc2c(c1)CCO2. The first-order chi connectivity index (χ1) is 8.61. The molecule has 1 atom stereocenters. The van der Waals surface area contributed by atoms with Gasteiger partial charge in [0.05, 0.1) is 19.1 Å². The van der Waals surface area contributed by atoms with Crippen molar-refractivity contribution in [3.05, 3.63) is 23.8 Å². The van der Waals surface area contributed by atoms with Crippen molar-refractivity contribution in [3.8, 4) is 5.75 Å². The molecule has 1 heterocycles. The number of aliphatic hydroxyl groups is 1. The molecular formula is C14H19NO3. The highest BCUT2D eigenvalue weighted by molar-refractivity contribution is 5.93. The Bertz CT molecular complexity index is 443. The molecule has 18 heavy (non-hydrogen) atoms. The van der Waals surface area contributed by atoms with E-state index in [2.05, 4.69) is 5.32 Å². The Morgan fingerprint density at radius 1 is 1.50 bits per heavy atom. The first kappa shape index (κ1) is 12.9.